The smallest absolute Gasteiger partial charge is 0.228 e. The molecular formula is C32H45N3O2. The van der Waals surface area contributed by atoms with Crippen LogP contribution < -0.4 is 10.2 Å². The molecule has 6 rings (SSSR count). The quantitative estimate of drug-likeness (QED) is 0.505. The van der Waals surface area contributed by atoms with Gasteiger partial charge in [0.05, 0.1) is 11.4 Å². The summed E-state index contributed by atoms with van der Waals surface area (Å²) in [5.74, 6) is 2.38. The third-order valence-electron chi connectivity index (χ3n) is 11.5. The van der Waals surface area contributed by atoms with Crippen molar-refractivity contribution in [3.05, 3.63) is 35.5 Å². The van der Waals surface area contributed by atoms with E-state index in [4.69, 9.17) is 0 Å². The standard InChI is InChI=1S/C32H45N3O2/c1-21-20-22-23-12-13-25(30(37)33-26-10-6-7-11-27(26)35-18-8-5-9-19-35)31(23,2)16-14-24(22)32(3)17-15-28(36)34(4)29(21)32/h6-7,10-11,22-25H,5,8-9,12-20H2,1-4H3,(H,33,37)/t22-,23-,24+,25?,31-,32+/m0/s1. The van der Waals surface area contributed by atoms with Crippen LogP contribution in [0.4, 0.5) is 11.4 Å². The number of nitrogens with zero attached hydrogens (tertiary/aromatic N) is 2. The molecule has 2 heterocycles. The van der Waals surface area contributed by atoms with Crippen LogP contribution in [0.15, 0.2) is 35.5 Å². The lowest BCUT2D eigenvalue weighted by Gasteiger charge is -2.59. The maximum atomic E-state index is 13.9. The van der Waals surface area contributed by atoms with Gasteiger partial charge in [-0.3, -0.25) is 9.59 Å². The van der Waals surface area contributed by atoms with E-state index >= 15 is 0 Å². The second kappa shape index (κ2) is 9.17. The molecule has 3 aliphatic carbocycles. The lowest BCUT2D eigenvalue weighted by Crippen LogP contribution is -2.54. The molecule has 5 heteroatoms. The summed E-state index contributed by atoms with van der Waals surface area (Å²) in [5.41, 5.74) is 5.03. The molecule has 5 nitrogen and oxygen atoms in total. The van der Waals surface area contributed by atoms with Crippen molar-refractivity contribution >= 4 is 23.2 Å². The number of anilines is 2. The van der Waals surface area contributed by atoms with Crippen LogP contribution in [0, 0.1) is 34.5 Å². The van der Waals surface area contributed by atoms with Gasteiger partial charge in [-0.05, 0) is 100 Å². The minimum absolute atomic E-state index is 0.0514. The molecule has 4 fully saturated rings. The molecular weight excluding hydrogens is 458 g/mol. The van der Waals surface area contributed by atoms with Crippen LogP contribution in [-0.4, -0.2) is 36.9 Å². The second-order valence-electron chi connectivity index (χ2n) is 13.3. The second-order valence-corrected chi connectivity index (χ2v) is 13.3. The van der Waals surface area contributed by atoms with Gasteiger partial charge in [0.25, 0.3) is 0 Å². The number of amides is 2. The van der Waals surface area contributed by atoms with E-state index in [9.17, 15) is 9.59 Å². The van der Waals surface area contributed by atoms with Crippen LogP contribution in [0.25, 0.3) is 0 Å². The molecule has 6 atom stereocenters. The number of rotatable bonds is 3. The third kappa shape index (κ3) is 3.86. The number of para-hydroxylation sites is 2. The van der Waals surface area contributed by atoms with Gasteiger partial charge >= 0.3 is 0 Å². The minimum atomic E-state index is 0.0514. The van der Waals surface area contributed by atoms with E-state index in [1.807, 2.05) is 11.9 Å². The number of hydrogen-bond donors (Lipinski definition) is 1. The lowest BCUT2D eigenvalue weighted by atomic mass is 9.48. The average Bonchev–Trinajstić information content (AvgIpc) is 3.25. The summed E-state index contributed by atoms with van der Waals surface area (Å²) in [4.78, 5) is 30.9. The normalized spacial score (nSPS) is 37.7. The van der Waals surface area contributed by atoms with Gasteiger partial charge in [0.1, 0.15) is 0 Å². The highest BCUT2D eigenvalue weighted by Crippen LogP contribution is 2.67. The zero-order valence-corrected chi connectivity index (χ0v) is 23.3. The van der Waals surface area contributed by atoms with Crippen molar-refractivity contribution in [2.45, 2.75) is 85.0 Å². The molecule has 2 saturated carbocycles. The predicted octanol–water partition coefficient (Wildman–Crippen LogP) is 6.61. The number of fused-ring (bicyclic) bond motifs is 5. The summed E-state index contributed by atoms with van der Waals surface area (Å²) >= 11 is 0. The zero-order valence-electron chi connectivity index (χ0n) is 23.3. The highest BCUT2D eigenvalue weighted by molar-refractivity contribution is 5.96. The van der Waals surface area contributed by atoms with Gasteiger partial charge in [0.2, 0.25) is 11.8 Å². The van der Waals surface area contributed by atoms with Gasteiger partial charge in [-0.2, -0.15) is 0 Å². The molecule has 37 heavy (non-hydrogen) atoms. The molecule has 200 valence electrons. The van der Waals surface area contributed by atoms with Crippen LogP contribution in [0.2, 0.25) is 0 Å². The highest BCUT2D eigenvalue weighted by atomic mass is 16.2. The van der Waals surface area contributed by atoms with E-state index in [0.717, 1.165) is 50.9 Å². The summed E-state index contributed by atoms with van der Waals surface area (Å²) in [6.45, 7) is 9.28. The molecule has 0 radical (unpaired) electrons. The van der Waals surface area contributed by atoms with Gasteiger partial charge in [0.15, 0.2) is 0 Å². The van der Waals surface area contributed by atoms with E-state index in [-0.39, 0.29) is 28.6 Å². The summed E-state index contributed by atoms with van der Waals surface area (Å²) in [6.07, 6.45) is 10.9. The maximum absolute atomic E-state index is 13.9. The Labute approximate surface area is 223 Å². The Morgan fingerprint density at radius 3 is 2.54 bits per heavy atom. The molecule has 5 aliphatic rings. The molecule has 2 aliphatic heterocycles. The fraction of sp³-hybridized carbons (Fsp3) is 0.688. The molecule has 0 aromatic heterocycles. The Bertz CT molecular complexity index is 1120. The molecule has 1 aromatic carbocycles. The van der Waals surface area contributed by atoms with E-state index < -0.39 is 0 Å². The molecule has 0 spiro atoms. The van der Waals surface area contributed by atoms with Gasteiger partial charge < -0.3 is 15.1 Å². The molecule has 1 N–H and O–H groups in total. The van der Waals surface area contributed by atoms with E-state index in [1.165, 1.54) is 42.6 Å². The van der Waals surface area contributed by atoms with Crippen molar-refractivity contribution in [2.24, 2.45) is 34.5 Å². The molecule has 0 bridgehead atoms. The number of hydrogen-bond acceptors (Lipinski definition) is 3. The Morgan fingerprint density at radius 1 is 1.00 bits per heavy atom. The van der Waals surface area contributed by atoms with Crippen LogP contribution >= 0.6 is 0 Å². The van der Waals surface area contributed by atoms with E-state index in [0.29, 0.717) is 24.2 Å². The monoisotopic (exact) mass is 503 g/mol. The van der Waals surface area contributed by atoms with Gasteiger partial charge in [0, 0.05) is 43.6 Å². The largest absolute Gasteiger partial charge is 0.370 e. The maximum Gasteiger partial charge on any atom is 0.228 e. The van der Waals surface area contributed by atoms with Crippen molar-refractivity contribution in [1.29, 1.82) is 0 Å². The fourth-order valence-electron chi connectivity index (χ4n) is 9.75. The van der Waals surface area contributed by atoms with Crippen molar-refractivity contribution in [3.63, 3.8) is 0 Å². The number of carbonyl (C=O) groups is 2. The number of nitrogens with one attached hydrogen (secondary N) is 1. The first-order valence-electron chi connectivity index (χ1n) is 14.9. The van der Waals surface area contributed by atoms with Crippen LogP contribution in [0.5, 0.6) is 0 Å². The number of likely N-dealkylation sites (tertiary alicyclic amines) is 1. The summed E-state index contributed by atoms with van der Waals surface area (Å²) in [6, 6.07) is 8.41. The Balaban J connectivity index is 1.24. The molecule has 1 unspecified atom stereocenters. The first kappa shape index (κ1) is 25.0. The first-order valence-corrected chi connectivity index (χ1v) is 14.9. The topological polar surface area (TPSA) is 52.7 Å². The van der Waals surface area contributed by atoms with Gasteiger partial charge in [-0.15, -0.1) is 0 Å². The van der Waals surface area contributed by atoms with Gasteiger partial charge in [-0.1, -0.05) is 31.6 Å². The molecule has 1 aromatic rings. The number of piperidine rings is 2. The lowest BCUT2D eigenvalue weighted by molar-refractivity contribution is -0.137. The summed E-state index contributed by atoms with van der Waals surface area (Å²) < 4.78 is 0. The van der Waals surface area contributed by atoms with E-state index in [2.05, 4.69) is 55.3 Å². The zero-order chi connectivity index (χ0) is 25.9. The third-order valence-corrected chi connectivity index (χ3v) is 11.5. The van der Waals surface area contributed by atoms with Crippen LogP contribution in [0.3, 0.4) is 0 Å². The van der Waals surface area contributed by atoms with Crippen molar-refractivity contribution in [2.75, 3.05) is 30.4 Å². The fourth-order valence-corrected chi connectivity index (χ4v) is 9.75. The summed E-state index contributed by atoms with van der Waals surface area (Å²) in [7, 11) is 1.99. The Morgan fingerprint density at radius 2 is 1.76 bits per heavy atom. The van der Waals surface area contributed by atoms with Crippen molar-refractivity contribution in [1.82, 2.24) is 4.90 Å². The van der Waals surface area contributed by atoms with Gasteiger partial charge in [-0.25, -0.2) is 0 Å². The predicted molar refractivity (Wildman–Crippen MR) is 149 cm³/mol. The van der Waals surface area contributed by atoms with Crippen molar-refractivity contribution < 1.29 is 9.59 Å². The highest BCUT2D eigenvalue weighted by Gasteiger charge is 2.61. The van der Waals surface area contributed by atoms with E-state index in [1.54, 1.807) is 0 Å². The Hall–Kier alpha value is -2.30. The van der Waals surface area contributed by atoms with Crippen molar-refractivity contribution in [3.8, 4) is 0 Å². The molecule has 2 amide bonds. The summed E-state index contributed by atoms with van der Waals surface area (Å²) in [5, 5.41) is 3.42. The first-order chi connectivity index (χ1) is 17.7. The van der Waals surface area contributed by atoms with Crippen LogP contribution in [0.1, 0.15) is 85.0 Å². The number of carbonyl (C=O) groups excluding carboxylic acids is 2. The average molecular weight is 504 g/mol. The number of allylic oxidation sites excluding steroid dienone is 2. The SMILES string of the molecule is CC1=C2N(C)C(=O)CC[C@]2(C)[C@@H]2CC[C@]3(C)C(C(=O)Nc4ccccc4N4CCCCC4)CC[C@H]3[C@@H]2C1. The Kier molecular flexibility index (Phi) is 6.19. The minimum Gasteiger partial charge on any atom is -0.370 e. The molecule has 2 saturated heterocycles. The van der Waals surface area contributed by atoms with Crippen LogP contribution in [-0.2, 0) is 9.59 Å². The number of benzene rings is 1.